The number of nitrogens with zero attached hydrogens (tertiary/aromatic N) is 1. The second-order valence-electron chi connectivity index (χ2n) is 5.74. The van der Waals surface area contributed by atoms with E-state index in [0.29, 0.717) is 18.6 Å². The van der Waals surface area contributed by atoms with E-state index in [2.05, 4.69) is 10.2 Å². The highest BCUT2D eigenvalue weighted by Gasteiger charge is 2.21. The van der Waals surface area contributed by atoms with E-state index in [-0.39, 0.29) is 18.6 Å². The van der Waals surface area contributed by atoms with E-state index >= 15 is 0 Å². The Bertz CT molecular complexity index is 471. The lowest BCUT2D eigenvalue weighted by atomic mass is 10.0. The molecular weight excluding hydrogens is 280 g/mol. The first-order valence-corrected chi connectivity index (χ1v) is 7.92. The van der Waals surface area contributed by atoms with Gasteiger partial charge in [-0.2, -0.15) is 0 Å². The highest BCUT2D eigenvalue weighted by atomic mass is 16.5. The third-order valence-electron chi connectivity index (χ3n) is 4.10. The molecule has 0 aromatic heterocycles. The number of hydrogen-bond donors (Lipinski definition) is 1. The molecule has 1 radical (unpaired) electrons. The molecule has 1 amide bonds. The van der Waals surface area contributed by atoms with Gasteiger partial charge in [0.05, 0.1) is 13.2 Å². The van der Waals surface area contributed by atoms with E-state index in [9.17, 15) is 9.90 Å². The summed E-state index contributed by atoms with van der Waals surface area (Å²) < 4.78 is 5.15. The number of piperidine rings is 1. The van der Waals surface area contributed by atoms with Crippen molar-refractivity contribution in [3.05, 3.63) is 35.4 Å². The molecular formula is C17H25N2O3. The Kier molecular flexibility index (Phi) is 6.83. The van der Waals surface area contributed by atoms with Crippen LogP contribution < -0.4 is 5.32 Å². The lowest BCUT2D eigenvalue weighted by Crippen LogP contribution is -2.45. The SMILES string of the molecule is COCc1ccccc1C(=O)NC1CCN(CCC[O])CC1. The Morgan fingerprint density at radius 1 is 1.32 bits per heavy atom. The van der Waals surface area contributed by atoms with Crippen LogP contribution in [0.2, 0.25) is 0 Å². The van der Waals surface area contributed by atoms with Crippen LogP contribution in [0, 0.1) is 0 Å². The Hall–Kier alpha value is -1.43. The van der Waals surface area contributed by atoms with Crippen LogP contribution in [0.4, 0.5) is 0 Å². The van der Waals surface area contributed by atoms with Gasteiger partial charge in [0.25, 0.3) is 5.91 Å². The van der Waals surface area contributed by atoms with Crippen LogP contribution in [-0.2, 0) is 16.5 Å². The summed E-state index contributed by atoms with van der Waals surface area (Å²) in [6.07, 6.45) is 2.59. The van der Waals surface area contributed by atoms with Gasteiger partial charge in [-0.1, -0.05) is 18.2 Å². The molecule has 0 saturated carbocycles. The summed E-state index contributed by atoms with van der Waals surface area (Å²) in [6.45, 7) is 3.21. The minimum atomic E-state index is -0.0225. The fourth-order valence-electron chi connectivity index (χ4n) is 2.88. The summed E-state index contributed by atoms with van der Waals surface area (Å²) in [5.41, 5.74) is 1.61. The lowest BCUT2D eigenvalue weighted by Gasteiger charge is -2.32. The van der Waals surface area contributed by atoms with Crippen molar-refractivity contribution in [2.45, 2.75) is 31.9 Å². The number of hydrogen-bond acceptors (Lipinski definition) is 3. The van der Waals surface area contributed by atoms with E-state index in [1.807, 2.05) is 24.3 Å². The van der Waals surface area contributed by atoms with Crippen molar-refractivity contribution < 1.29 is 14.6 Å². The summed E-state index contributed by atoms with van der Waals surface area (Å²) in [5.74, 6) is -0.0225. The van der Waals surface area contributed by atoms with Gasteiger partial charge in [-0.15, -0.1) is 0 Å². The number of ether oxygens (including phenoxy) is 1. The number of likely N-dealkylation sites (tertiary alicyclic amines) is 1. The first-order chi connectivity index (χ1) is 10.7. The monoisotopic (exact) mass is 305 g/mol. The third-order valence-corrected chi connectivity index (χ3v) is 4.10. The zero-order valence-electron chi connectivity index (χ0n) is 13.2. The van der Waals surface area contributed by atoms with Crippen molar-refractivity contribution in [2.75, 3.05) is 33.4 Å². The summed E-state index contributed by atoms with van der Waals surface area (Å²) in [4.78, 5) is 14.7. The van der Waals surface area contributed by atoms with Gasteiger partial charge in [0.2, 0.25) is 0 Å². The van der Waals surface area contributed by atoms with E-state index in [4.69, 9.17) is 4.74 Å². The quantitative estimate of drug-likeness (QED) is 0.836. The van der Waals surface area contributed by atoms with Crippen LogP contribution in [0.5, 0.6) is 0 Å². The molecule has 1 aromatic rings. The molecule has 22 heavy (non-hydrogen) atoms. The van der Waals surface area contributed by atoms with Crippen LogP contribution in [-0.4, -0.2) is 50.2 Å². The maximum atomic E-state index is 12.4. The molecule has 0 unspecified atom stereocenters. The molecule has 1 saturated heterocycles. The largest absolute Gasteiger partial charge is 0.380 e. The van der Waals surface area contributed by atoms with Gasteiger partial charge in [0.15, 0.2) is 0 Å². The van der Waals surface area contributed by atoms with Crippen LogP contribution in [0.15, 0.2) is 24.3 Å². The average Bonchev–Trinajstić information content (AvgIpc) is 2.55. The summed E-state index contributed by atoms with van der Waals surface area (Å²) in [5, 5.41) is 13.7. The van der Waals surface area contributed by atoms with E-state index in [0.717, 1.165) is 38.0 Å². The Balaban J connectivity index is 1.86. The van der Waals surface area contributed by atoms with Gasteiger partial charge < -0.3 is 15.0 Å². The maximum Gasteiger partial charge on any atom is 0.251 e. The molecule has 5 heteroatoms. The number of carbonyl (C=O) groups is 1. The van der Waals surface area contributed by atoms with Crippen molar-refractivity contribution in [1.82, 2.24) is 10.2 Å². The molecule has 1 aliphatic heterocycles. The zero-order valence-corrected chi connectivity index (χ0v) is 13.2. The summed E-state index contributed by atoms with van der Waals surface area (Å²) in [7, 11) is 1.63. The second kappa shape index (κ2) is 8.88. The van der Waals surface area contributed by atoms with Crippen LogP contribution >= 0.6 is 0 Å². The first-order valence-electron chi connectivity index (χ1n) is 7.92. The van der Waals surface area contributed by atoms with Gasteiger partial charge in [0, 0.05) is 38.3 Å². The number of carbonyl (C=O) groups excluding carboxylic acids is 1. The van der Waals surface area contributed by atoms with E-state index < -0.39 is 0 Å². The van der Waals surface area contributed by atoms with Crippen LogP contribution in [0.1, 0.15) is 35.2 Å². The molecule has 0 bridgehead atoms. The molecule has 2 rings (SSSR count). The van der Waals surface area contributed by atoms with Crippen molar-refractivity contribution in [1.29, 1.82) is 0 Å². The summed E-state index contributed by atoms with van der Waals surface area (Å²) in [6, 6.07) is 7.77. The topological polar surface area (TPSA) is 61.5 Å². The van der Waals surface area contributed by atoms with Gasteiger partial charge in [-0.25, -0.2) is 5.11 Å². The van der Waals surface area contributed by atoms with Crippen molar-refractivity contribution >= 4 is 5.91 Å². The number of methoxy groups -OCH3 is 1. The Labute approximate surface area is 132 Å². The predicted octanol–water partition coefficient (Wildman–Crippen LogP) is 1.85. The molecule has 0 aliphatic carbocycles. The van der Waals surface area contributed by atoms with Crippen LogP contribution in [0.25, 0.3) is 0 Å². The smallest absolute Gasteiger partial charge is 0.251 e. The molecule has 0 spiro atoms. The molecule has 0 atom stereocenters. The van der Waals surface area contributed by atoms with Crippen LogP contribution in [0.3, 0.4) is 0 Å². The normalized spacial score (nSPS) is 16.6. The van der Waals surface area contributed by atoms with Gasteiger partial charge in [0.1, 0.15) is 0 Å². The minimum absolute atomic E-state index is 0.00700. The van der Waals surface area contributed by atoms with Gasteiger partial charge in [-0.3, -0.25) is 4.79 Å². The highest BCUT2D eigenvalue weighted by Crippen LogP contribution is 2.14. The number of benzene rings is 1. The number of rotatable bonds is 7. The Morgan fingerprint density at radius 2 is 2.05 bits per heavy atom. The molecule has 1 fully saturated rings. The number of amides is 1. The zero-order chi connectivity index (χ0) is 15.8. The van der Waals surface area contributed by atoms with Crippen molar-refractivity contribution in [2.24, 2.45) is 0 Å². The standard InChI is InChI=1S/C17H25N2O3/c1-22-13-14-5-2-3-6-16(14)17(21)18-15-7-10-19(11-8-15)9-4-12-20/h2-3,5-6,15H,4,7-13H2,1H3,(H,18,21). The number of nitrogens with one attached hydrogen (secondary N) is 1. The fraction of sp³-hybridized carbons (Fsp3) is 0.588. The predicted molar refractivity (Wildman–Crippen MR) is 84.3 cm³/mol. The first kappa shape index (κ1) is 16.9. The minimum Gasteiger partial charge on any atom is -0.380 e. The lowest BCUT2D eigenvalue weighted by molar-refractivity contribution is 0.0902. The van der Waals surface area contributed by atoms with Gasteiger partial charge in [-0.05, 0) is 30.9 Å². The third kappa shape index (κ3) is 4.80. The van der Waals surface area contributed by atoms with E-state index in [1.165, 1.54) is 0 Å². The maximum absolute atomic E-state index is 12.4. The molecule has 1 heterocycles. The van der Waals surface area contributed by atoms with Crippen molar-refractivity contribution in [3.63, 3.8) is 0 Å². The van der Waals surface area contributed by atoms with Crippen molar-refractivity contribution in [3.8, 4) is 0 Å². The fourth-order valence-corrected chi connectivity index (χ4v) is 2.88. The second-order valence-corrected chi connectivity index (χ2v) is 5.74. The van der Waals surface area contributed by atoms with Gasteiger partial charge >= 0.3 is 0 Å². The average molecular weight is 305 g/mol. The molecule has 1 aliphatic rings. The van der Waals surface area contributed by atoms with E-state index in [1.54, 1.807) is 7.11 Å². The molecule has 1 N–H and O–H groups in total. The molecule has 5 nitrogen and oxygen atoms in total. The highest BCUT2D eigenvalue weighted by molar-refractivity contribution is 5.95. The summed E-state index contributed by atoms with van der Waals surface area (Å²) >= 11 is 0. The molecule has 121 valence electrons. The molecule has 1 aromatic carbocycles. The Morgan fingerprint density at radius 3 is 2.73 bits per heavy atom.